The molecule has 1 rings (SSSR count). The molecular weight excluding hydrogens is 450 g/mol. The van der Waals surface area contributed by atoms with Crippen molar-refractivity contribution in [1.29, 1.82) is 0 Å². The Kier molecular flexibility index (Phi) is 11.2. The van der Waals surface area contributed by atoms with Gasteiger partial charge in [0.1, 0.15) is 24.2 Å². The van der Waals surface area contributed by atoms with Crippen LogP contribution in [0.3, 0.4) is 0 Å². The number of hydrogen-bond donors (Lipinski definition) is 4. The topological polar surface area (TPSA) is 134 Å². The Morgan fingerprint density at radius 1 is 1.15 bits per heavy atom. The zero-order valence-electron chi connectivity index (χ0n) is 19.6. The minimum Gasteiger partial charge on any atom is -0.468 e. The number of aryl methyl sites for hydroxylation is 1. The zero-order valence-corrected chi connectivity index (χ0v) is 20.5. The summed E-state index contributed by atoms with van der Waals surface area (Å²) < 4.78 is 9.76. The summed E-state index contributed by atoms with van der Waals surface area (Å²) >= 11 is 4.16. The summed E-state index contributed by atoms with van der Waals surface area (Å²) in [4.78, 5) is 51.3. The van der Waals surface area contributed by atoms with Crippen LogP contribution in [0.15, 0.2) is 24.3 Å². The van der Waals surface area contributed by atoms with Crippen LogP contribution in [0.2, 0.25) is 0 Å². The van der Waals surface area contributed by atoms with E-state index in [9.17, 15) is 24.3 Å². The number of ether oxygens (including phenoxy) is 2. The molecule has 0 spiro atoms. The highest BCUT2D eigenvalue weighted by Gasteiger charge is 2.35. The van der Waals surface area contributed by atoms with Crippen LogP contribution in [-0.4, -0.2) is 78.1 Å². The summed E-state index contributed by atoms with van der Waals surface area (Å²) in [5.41, 5.74) is 0.615. The number of benzene rings is 1. The summed E-state index contributed by atoms with van der Waals surface area (Å²) in [6.45, 7) is 5.87. The van der Waals surface area contributed by atoms with Crippen LogP contribution < -0.4 is 10.6 Å². The lowest BCUT2D eigenvalue weighted by molar-refractivity contribution is -0.144. The number of methoxy groups -OCH3 is 1. The Hall–Kier alpha value is -2.79. The highest BCUT2D eigenvalue weighted by molar-refractivity contribution is 7.80. The van der Waals surface area contributed by atoms with Crippen LogP contribution in [0.5, 0.6) is 0 Å². The van der Waals surface area contributed by atoms with E-state index < -0.39 is 54.7 Å². The number of aliphatic hydroxyl groups is 1. The van der Waals surface area contributed by atoms with Gasteiger partial charge in [-0.2, -0.15) is 12.6 Å². The fourth-order valence-electron chi connectivity index (χ4n) is 2.86. The summed E-state index contributed by atoms with van der Waals surface area (Å²) in [5.74, 6) is -2.04. The molecule has 2 atom stereocenters. The second kappa shape index (κ2) is 13.0. The standard InChI is InChI=1S/C22H33N3O7S/c1-14-6-8-15(9-7-14)18(19(28)23-12-17(27)31-5)25(10-11-26)20(29)16(13-33)24-21(30)32-22(2,3)4/h6-9,16,18,26,33H,10-13H2,1-5H3,(H,23,28)(H,24,30). The van der Waals surface area contributed by atoms with Gasteiger partial charge in [0.15, 0.2) is 0 Å². The predicted molar refractivity (Wildman–Crippen MR) is 125 cm³/mol. The summed E-state index contributed by atoms with van der Waals surface area (Å²) in [6.07, 6.45) is -0.819. The first-order chi connectivity index (χ1) is 15.4. The number of alkyl carbamates (subject to hydrolysis) is 1. The summed E-state index contributed by atoms with van der Waals surface area (Å²) in [6, 6.07) is 4.58. The maximum absolute atomic E-state index is 13.4. The number of carbonyl (C=O) groups excluding carboxylic acids is 4. The lowest BCUT2D eigenvalue weighted by Crippen LogP contribution is -2.54. The third-order valence-corrected chi connectivity index (χ3v) is 4.75. The van der Waals surface area contributed by atoms with E-state index in [0.29, 0.717) is 5.56 Å². The van der Waals surface area contributed by atoms with Crippen LogP contribution >= 0.6 is 12.6 Å². The van der Waals surface area contributed by atoms with E-state index in [0.717, 1.165) is 10.5 Å². The lowest BCUT2D eigenvalue weighted by Gasteiger charge is -2.33. The van der Waals surface area contributed by atoms with E-state index in [1.54, 1.807) is 45.0 Å². The van der Waals surface area contributed by atoms with Gasteiger partial charge in [0.05, 0.1) is 13.7 Å². The molecule has 0 aliphatic rings. The van der Waals surface area contributed by atoms with Gasteiger partial charge in [-0.25, -0.2) is 4.79 Å². The second-order valence-corrected chi connectivity index (χ2v) is 8.61. The van der Waals surface area contributed by atoms with Crippen LogP contribution in [0.25, 0.3) is 0 Å². The molecular formula is C22H33N3O7S. The highest BCUT2D eigenvalue weighted by Crippen LogP contribution is 2.23. The van der Waals surface area contributed by atoms with Gasteiger partial charge < -0.3 is 30.1 Å². The molecule has 1 aromatic rings. The van der Waals surface area contributed by atoms with Crippen molar-refractivity contribution in [2.24, 2.45) is 0 Å². The average Bonchev–Trinajstić information content (AvgIpc) is 2.74. The zero-order chi connectivity index (χ0) is 25.2. The molecule has 11 heteroatoms. The average molecular weight is 484 g/mol. The Morgan fingerprint density at radius 3 is 2.24 bits per heavy atom. The van der Waals surface area contributed by atoms with Crippen LogP contribution in [0.1, 0.15) is 37.9 Å². The Balaban J connectivity index is 3.28. The van der Waals surface area contributed by atoms with Crippen molar-refractivity contribution in [3.05, 3.63) is 35.4 Å². The number of aliphatic hydroxyl groups excluding tert-OH is 1. The molecule has 10 nitrogen and oxygen atoms in total. The Morgan fingerprint density at radius 2 is 1.76 bits per heavy atom. The molecule has 33 heavy (non-hydrogen) atoms. The van der Waals surface area contributed by atoms with Crippen molar-refractivity contribution in [3.63, 3.8) is 0 Å². The van der Waals surface area contributed by atoms with Gasteiger partial charge in [0.2, 0.25) is 11.8 Å². The van der Waals surface area contributed by atoms with Crippen molar-refractivity contribution in [2.75, 3.05) is 32.6 Å². The van der Waals surface area contributed by atoms with Gasteiger partial charge in [-0.1, -0.05) is 29.8 Å². The largest absolute Gasteiger partial charge is 0.468 e. The molecule has 0 saturated carbocycles. The van der Waals surface area contributed by atoms with Gasteiger partial charge in [-0.05, 0) is 33.3 Å². The van der Waals surface area contributed by atoms with Crippen molar-refractivity contribution in [2.45, 2.75) is 45.4 Å². The maximum Gasteiger partial charge on any atom is 0.408 e. The summed E-state index contributed by atoms with van der Waals surface area (Å²) in [7, 11) is 1.19. The monoisotopic (exact) mass is 483 g/mol. The molecule has 3 amide bonds. The predicted octanol–water partition coefficient (Wildman–Crippen LogP) is 0.969. The van der Waals surface area contributed by atoms with Crippen molar-refractivity contribution >= 4 is 36.5 Å². The van der Waals surface area contributed by atoms with E-state index in [1.165, 1.54) is 7.11 Å². The SMILES string of the molecule is COC(=O)CNC(=O)C(c1ccc(C)cc1)N(CCO)C(=O)C(CS)NC(=O)OC(C)(C)C. The molecule has 0 fully saturated rings. The minimum atomic E-state index is -1.18. The van der Waals surface area contributed by atoms with Crippen LogP contribution in [-0.2, 0) is 23.9 Å². The fraction of sp³-hybridized carbons (Fsp3) is 0.545. The van der Waals surface area contributed by atoms with Crippen LogP contribution in [0.4, 0.5) is 4.79 Å². The molecule has 3 N–H and O–H groups in total. The number of hydrogen-bond acceptors (Lipinski definition) is 8. The van der Waals surface area contributed by atoms with Gasteiger partial charge >= 0.3 is 12.1 Å². The molecule has 0 saturated heterocycles. The second-order valence-electron chi connectivity index (χ2n) is 8.24. The smallest absolute Gasteiger partial charge is 0.408 e. The molecule has 0 aliphatic heterocycles. The number of nitrogens with zero attached hydrogens (tertiary/aromatic N) is 1. The van der Waals surface area contributed by atoms with Crippen molar-refractivity contribution in [3.8, 4) is 0 Å². The minimum absolute atomic E-state index is 0.0790. The molecule has 0 heterocycles. The van der Waals surface area contributed by atoms with Crippen molar-refractivity contribution < 1.29 is 33.8 Å². The summed E-state index contributed by atoms with van der Waals surface area (Å²) in [5, 5.41) is 14.5. The molecule has 0 radical (unpaired) electrons. The molecule has 184 valence electrons. The number of esters is 1. The molecule has 0 aromatic heterocycles. The number of carbonyl (C=O) groups is 4. The number of thiol groups is 1. The Bertz CT molecular complexity index is 824. The molecule has 0 aliphatic carbocycles. The Labute approximate surface area is 199 Å². The third-order valence-electron chi connectivity index (χ3n) is 4.38. The van der Waals surface area contributed by atoms with Gasteiger partial charge in [0, 0.05) is 12.3 Å². The first kappa shape index (κ1) is 28.2. The number of rotatable bonds is 10. The molecule has 0 bridgehead atoms. The van der Waals surface area contributed by atoms with E-state index in [-0.39, 0.29) is 12.3 Å². The number of amides is 3. The first-order valence-corrected chi connectivity index (χ1v) is 11.0. The van der Waals surface area contributed by atoms with Crippen LogP contribution in [0, 0.1) is 6.92 Å². The maximum atomic E-state index is 13.4. The normalized spacial score (nSPS) is 12.8. The lowest BCUT2D eigenvalue weighted by atomic mass is 10.0. The van der Waals surface area contributed by atoms with E-state index in [4.69, 9.17) is 4.74 Å². The van der Waals surface area contributed by atoms with Gasteiger partial charge in [0.25, 0.3) is 0 Å². The van der Waals surface area contributed by atoms with E-state index in [2.05, 4.69) is 28.0 Å². The van der Waals surface area contributed by atoms with E-state index in [1.807, 2.05) is 6.92 Å². The highest BCUT2D eigenvalue weighted by atomic mass is 32.1. The molecule has 2 unspecified atom stereocenters. The third kappa shape index (κ3) is 9.30. The first-order valence-electron chi connectivity index (χ1n) is 10.4. The van der Waals surface area contributed by atoms with Gasteiger partial charge in [-0.3, -0.25) is 14.4 Å². The fourth-order valence-corrected chi connectivity index (χ4v) is 3.11. The van der Waals surface area contributed by atoms with E-state index >= 15 is 0 Å². The van der Waals surface area contributed by atoms with Crippen molar-refractivity contribution in [1.82, 2.24) is 15.5 Å². The quantitative estimate of drug-likeness (QED) is 0.288. The number of nitrogens with one attached hydrogen (secondary N) is 2. The van der Waals surface area contributed by atoms with Gasteiger partial charge in [-0.15, -0.1) is 0 Å². The molecule has 1 aromatic carbocycles.